The van der Waals surface area contributed by atoms with Crippen molar-refractivity contribution in [2.45, 2.75) is 13.8 Å². The molecule has 7 rings (SSSR count). The van der Waals surface area contributed by atoms with Crippen LogP contribution in [0.1, 0.15) is 13.8 Å². The van der Waals surface area contributed by atoms with Gasteiger partial charge in [0.25, 0.3) is 0 Å². The molecule has 2 heteroatoms. The second kappa shape index (κ2) is 15.8. The second-order valence-corrected chi connectivity index (χ2v) is 15.7. The summed E-state index contributed by atoms with van der Waals surface area (Å²) in [6.45, 7) is 8.21. The molecular weight excluding hydrogens is 602 g/mol. The van der Waals surface area contributed by atoms with Gasteiger partial charge >= 0.3 is 0 Å². The van der Waals surface area contributed by atoms with Crippen LogP contribution in [-0.2, 0) is 0 Å². The van der Waals surface area contributed by atoms with Crippen LogP contribution in [0.25, 0.3) is 32.7 Å². The third-order valence-electron chi connectivity index (χ3n) is 8.34. The van der Waals surface area contributed by atoms with Crippen molar-refractivity contribution in [2.75, 3.05) is 6.16 Å². The molecule has 7 aromatic rings. The van der Waals surface area contributed by atoms with Gasteiger partial charge in [0.1, 0.15) is 0 Å². The molecule has 7 aromatic carbocycles. The molecule has 0 radical (unpaired) electrons. The number of allylic oxidation sites excluding steroid dienone is 3. The molecular formula is C45H40P2. The molecule has 0 N–H and O–H groups in total. The Morgan fingerprint density at radius 3 is 1.32 bits per heavy atom. The van der Waals surface area contributed by atoms with Crippen molar-refractivity contribution in [3.05, 3.63) is 189 Å². The summed E-state index contributed by atoms with van der Waals surface area (Å²) in [5, 5.41) is 12.0. The lowest BCUT2D eigenvalue weighted by molar-refractivity contribution is 1.64. The first-order valence-electron chi connectivity index (χ1n) is 16.2. The first kappa shape index (κ1) is 32.3. The van der Waals surface area contributed by atoms with E-state index in [1.807, 2.05) is 26.0 Å². The van der Waals surface area contributed by atoms with Gasteiger partial charge in [0, 0.05) is 0 Å². The molecule has 0 saturated heterocycles. The Kier molecular flexibility index (Phi) is 10.9. The van der Waals surface area contributed by atoms with Gasteiger partial charge in [0.05, 0.1) is 0 Å². The molecule has 0 heterocycles. The summed E-state index contributed by atoms with van der Waals surface area (Å²) in [6.07, 6.45) is 7.03. The molecule has 0 aliphatic carbocycles. The van der Waals surface area contributed by atoms with E-state index in [1.165, 1.54) is 59.2 Å². The van der Waals surface area contributed by atoms with Crippen LogP contribution in [-0.4, -0.2) is 6.16 Å². The highest BCUT2D eigenvalue weighted by molar-refractivity contribution is 7.80. The third-order valence-corrected chi connectivity index (χ3v) is 13.3. The maximum absolute atomic E-state index is 4.21. The van der Waals surface area contributed by atoms with Gasteiger partial charge in [-0.1, -0.05) is 182 Å². The predicted molar refractivity (Wildman–Crippen MR) is 214 cm³/mol. The fraction of sp³-hybridized carbons (Fsp3) is 0.0667. The molecule has 0 bridgehead atoms. The van der Waals surface area contributed by atoms with Crippen LogP contribution in [0.2, 0.25) is 0 Å². The molecule has 0 aliphatic rings. The average molecular weight is 643 g/mol. The summed E-state index contributed by atoms with van der Waals surface area (Å²) in [6, 6.07) is 60.5. The van der Waals surface area contributed by atoms with Crippen LogP contribution in [0.3, 0.4) is 0 Å². The van der Waals surface area contributed by atoms with Gasteiger partial charge in [-0.25, -0.2) is 0 Å². The lowest BCUT2D eigenvalue weighted by Gasteiger charge is -2.28. The van der Waals surface area contributed by atoms with E-state index in [0.29, 0.717) is 0 Å². The Morgan fingerprint density at radius 2 is 0.851 bits per heavy atom. The zero-order chi connectivity index (χ0) is 32.4. The Balaban J connectivity index is 0.000000915. The molecule has 1 atom stereocenters. The Hall–Kier alpha value is -4.60. The maximum atomic E-state index is 4.21. The van der Waals surface area contributed by atoms with E-state index in [4.69, 9.17) is 0 Å². The van der Waals surface area contributed by atoms with Crippen molar-refractivity contribution in [3.63, 3.8) is 0 Å². The standard InChI is InChI=1S/C41H32P2.C4H8/c1-2-30-42(33-18-6-3-7-19-33)38-28-26-31-16-12-14-24-36(31)40(38)41-37-25-15-13-17-32(37)27-29-39(41)43(34-20-8-4-9-21-34)35-22-10-5-11-23-35;1-3-4-2/h2-29H,1,30H2;3-4H,1-2H3/b;4-3-. The molecule has 0 nitrogen and oxygen atoms in total. The van der Waals surface area contributed by atoms with Gasteiger partial charge in [-0.2, -0.15) is 0 Å². The smallest absolute Gasteiger partial charge is 0.000895 e. The summed E-state index contributed by atoms with van der Waals surface area (Å²) in [5.74, 6) is 0. The van der Waals surface area contributed by atoms with Crippen molar-refractivity contribution in [3.8, 4) is 11.1 Å². The minimum absolute atomic E-state index is 0.675. The normalized spacial score (nSPS) is 11.8. The van der Waals surface area contributed by atoms with Crippen LogP contribution in [0, 0.1) is 0 Å². The van der Waals surface area contributed by atoms with E-state index in [0.717, 1.165) is 6.16 Å². The van der Waals surface area contributed by atoms with E-state index in [-0.39, 0.29) is 0 Å². The topological polar surface area (TPSA) is 0 Å². The highest BCUT2D eigenvalue weighted by atomic mass is 31.1. The van der Waals surface area contributed by atoms with E-state index >= 15 is 0 Å². The molecule has 0 spiro atoms. The zero-order valence-electron chi connectivity index (χ0n) is 27.1. The van der Waals surface area contributed by atoms with E-state index in [2.05, 4.69) is 176 Å². The number of hydrogen-bond donors (Lipinski definition) is 0. The molecule has 230 valence electrons. The van der Waals surface area contributed by atoms with E-state index in [1.54, 1.807) is 0 Å². The van der Waals surface area contributed by atoms with Gasteiger partial charge in [-0.15, -0.1) is 6.58 Å². The molecule has 0 aromatic heterocycles. The zero-order valence-corrected chi connectivity index (χ0v) is 28.9. The summed E-state index contributed by atoms with van der Waals surface area (Å²) >= 11 is 0. The minimum atomic E-state index is -0.826. The van der Waals surface area contributed by atoms with Gasteiger partial charge in [-0.3, -0.25) is 0 Å². The van der Waals surface area contributed by atoms with Crippen LogP contribution in [0.15, 0.2) is 189 Å². The van der Waals surface area contributed by atoms with Gasteiger partial charge < -0.3 is 0 Å². The third kappa shape index (κ3) is 7.06. The fourth-order valence-electron chi connectivity index (χ4n) is 6.12. The molecule has 1 unspecified atom stereocenters. The largest absolute Gasteiger partial charge is 0.103 e. The number of benzene rings is 7. The van der Waals surface area contributed by atoms with Crippen molar-refractivity contribution >= 4 is 63.9 Å². The molecule has 47 heavy (non-hydrogen) atoms. The number of rotatable bonds is 8. The molecule has 0 aliphatic heterocycles. The first-order chi connectivity index (χ1) is 23.2. The Bertz CT molecular complexity index is 2050. The van der Waals surface area contributed by atoms with E-state index < -0.39 is 15.8 Å². The predicted octanol–water partition coefficient (Wildman–Crippen LogP) is 10.6. The van der Waals surface area contributed by atoms with Crippen LogP contribution >= 0.6 is 15.8 Å². The second-order valence-electron chi connectivity index (χ2n) is 11.3. The van der Waals surface area contributed by atoms with Gasteiger partial charge in [-0.05, 0) is 95.0 Å². The van der Waals surface area contributed by atoms with Crippen LogP contribution < -0.4 is 26.5 Å². The van der Waals surface area contributed by atoms with E-state index in [9.17, 15) is 0 Å². The quantitative estimate of drug-likeness (QED) is 0.114. The minimum Gasteiger partial charge on any atom is -0.103 e. The van der Waals surface area contributed by atoms with Gasteiger partial charge in [0.15, 0.2) is 0 Å². The van der Waals surface area contributed by atoms with Crippen LogP contribution in [0.4, 0.5) is 0 Å². The summed E-state index contributed by atoms with van der Waals surface area (Å²) < 4.78 is 0. The summed E-state index contributed by atoms with van der Waals surface area (Å²) in [7, 11) is -1.50. The summed E-state index contributed by atoms with van der Waals surface area (Å²) in [5.41, 5.74) is 2.72. The van der Waals surface area contributed by atoms with Crippen molar-refractivity contribution < 1.29 is 0 Å². The number of hydrogen-bond acceptors (Lipinski definition) is 0. The molecule has 0 saturated carbocycles. The van der Waals surface area contributed by atoms with Crippen LogP contribution in [0.5, 0.6) is 0 Å². The SMILES string of the molecule is C/C=C\C.C=CCP(c1ccccc1)c1ccc2ccccc2c1-c1c(P(c2ccccc2)c2ccccc2)ccc2ccccc12. The fourth-order valence-corrected chi connectivity index (χ4v) is 10.8. The Morgan fingerprint density at radius 1 is 0.447 bits per heavy atom. The molecule has 0 fully saturated rings. The first-order valence-corrected chi connectivity index (χ1v) is 19.1. The Labute approximate surface area is 282 Å². The lowest BCUT2D eigenvalue weighted by atomic mass is 9.93. The lowest BCUT2D eigenvalue weighted by Crippen LogP contribution is -2.24. The average Bonchev–Trinajstić information content (AvgIpc) is 3.15. The highest BCUT2D eigenvalue weighted by Crippen LogP contribution is 2.45. The monoisotopic (exact) mass is 642 g/mol. The number of fused-ring (bicyclic) bond motifs is 2. The maximum Gasteiger partial charge on any atom is -0.000895 e. The van der Waals surface area contributed by atoms with Gasteiger partial charge in [0.2, 0.25) is 0 Å². The van der Waals surface area contributed by atoms with Crippen molar-refractivity contribution in [1.29, 1.82) is 0 Å². The summed E-state index contributed by atoms with van der Waals surface area (Å²) in [4.78, 5) is 0. The highest BCUT2D eigenvalue weighted by Gasteiger charge is 2.26. The molecule has 0 amide bonds. The van der Waals surface area contributed by atoms with Crippen molar-refractivity contribution in [1.82, 2.24) is 0 Å². The van der Waals surface area contributed by atoms with Crippen molar-refractivity contribution in [2.24, 2.45) is 0 Å².